The van der Waals surface area contributed by atoms with Crippen molar-refractivity contribution in [3.05, 3.63) is 27.2 Å². The van der Waals surface area contributed by atoms with Gasteiger partial charge in [0.25, 0.3) is 5.91 Å². The topological polar surface area (TPSA) is 83.8 Å². The number of pyridine rings is 1. The lowest BCUT2D eigenvalue weighted by atomic mass is 10.1. The van der Waals surface area contributed by atoms with Crippen molar-refractivity contribution in [2.24, 2.45) is 0 Å². The van der Waals surface area contributed by atoms with E-state index in [1.54, 1.807) is 11.5 Å². The van der Waals surface area contributed by atoms with Crippen LogP contribution in [0.15, 0.2) is 4.79 Å². The number of rotatable bonds is 4. The molecule has 1 fully saturated rings. The Morgan fingerprint density at radius 1 is 1.29 bits per heavy atom. The summed E-state index contributed by atoms with van der Waals surface area (Å²) in [5.41, 5.74) is 1.37. The lowest BCUT2D eigenvalue weighted by Gasteiger charge is -2.21. The summed E-state index contributed by atoms with van der Waals surface area (Å²) in [4.78, 5) is 26.9. The van der Waals surface area contributed by atoms with E-state index in [2.05, 4.69) is 17.3 Å². The number of aliphatic hydroxyl groups excluding tert-OH is 1. The van der Waals surface area contributed by atoms with Crippen LogP contribution in [0.5, 0.6) is 5.75 Å². The van der Waals surface area contributed by atoms with Crippen LogP contribution in [-0.4, -0.2) is 60.9 Å². The van der Waals surface area contributed by atoms with E-state index in [9.17, 15) is 14.7 Å². The van der Waals surface area contributed by atoms with Gasteiger partial charge in [-0.25, -0.2) is 0 Å². The Morgan fingerprint density at radius 3 is 2.32 bits per heavy atom. The van der Waals surface area contributed by atoms with Crippen molar-refractivity contribution >= 4 is 5.91 Å². The number of nitrogens with one attached hydrogen (secondary N) is 1. The lowest BCUT2D eigenvalue weighted by Crippen LogP contribution is -2.32. The summed E-state index contributed by atoms with van der Waals surface area (Å²) in [6.07, 6.45) is 4.23. The predicted octanol–water partition coefficient (Wildman–Crippen LogP) is 2.13. The Hall–Kier alpha value is -1.86. The maximum absolute atomic E-state index is 12.3. The van der Waals surface area contributed by atoms with E-state index >= 15 is 0 Å². The second-order valence-electron chi connectivity index (χ2n) is 6.90. The molecule has 1 unspecified atom stereocenters. The van der Waals surface area contributed by atoms with Gasteiger partial charge in [0.15, 0.2) is 11.4 Å². The highest BCUT2D eigenvalue weighted by atomic mass is 16.5. The minimum Gasteiger partial charge on any atom is -0.491 e. The van der Waals surface area contributed by atoms with Gasteiger partial charge in [0.2, 0.25) is 5.43 Å². The lowest BCUT2D eigenvalue weighted by molar-refractivity contribution is 0.0937. The summed E-state index contributed by atoms with van der Waals surface area (Å²) in [6, 6.07) is -0.184. The summed E-state index contributed by atoms with van der Waals surface area (Å²) in [6.45, 7) is 10.6. The fourth-order valence-electron chi connectivity index (χ4n) is 3.67. The van der Waals surface area contributed by atoms with Gasteiger partial charge in [-0.3, -0.25) is 9.59 Å². The zero-order valence-corrected chi connectivity index (χ0v) is 18.3. The standard InChI is InChI=1S/C14H20N2O4.C5H11N.C2H6/c1-4-15-14(19)11-13(20-3)12(18)8(2)10-6-5-9(7-17)16(10)11;1-6-4-2-3-5-6;1-2/h9,17H,4-7H2,1-3H3,(H,15,19);2-5H2,1H3;1-2H3. The second kappa shape index (κ2) is 11.9. The number of carbonyl (C=O) groups excluding carboxylic acids is 1. The van der Waals surface area contributed by atoms with Crippen LogP contribution >= 0.6 is 0 Å². The van der Waals surface area contributed by atoms with Gasteiger partial charge < -0.3 is 24.6 Å². The van der Waals surface area contributed by atoms with Crippen LogP contribution in [0.1, 0.15) is 67.8 Å². The molecule has 1 aromatic heterocycles. The van der Waals surface area contributed by atoms with Crippen LogP contribution < -0.4 is 15.5 Å². The minimum absolute atomic E-state index is 0.0533. The predicted molar refractivity (Wildman–Crippen MR) is 113 cm³/mol. The Morgan fingerprint density at radius 2 is 1.89 bits per heavy atom. The molecule has 0 spiro atoms. The maximum atomic E-state index is 12.3. The number of aliphatic hydroxyl groups is 1. The van der Waals surface area contributed by atoms with Gasteiger partial charge in [0, 0.05) is 17.8 Å². The highest BCUT2D eigenvalue weighted by molar-refractivity contribution is 5.95. The van der Waals surface area contributed by atoms with Crippen LogP contribution in [0.4, 0.5) is 0 Å². The van der Waals surface area contributed by atoms with Crippen molar-refractivity contribution in [3.8, 4) is 5.75 Å². The van der Waals surface area contributed by atoms with Crippen LogP contribution in [0.2, 0.25) is 0 Å². The molecule has 0 bridgehead atoms. The third kappa shape index (κ3) is 5.35. The molecule has 1 amide bonds. The smallest absolute Gasteiger partial charge is 0.271 e. The molecule has 3 rings (SSSR count). The number of aromatic nitrogens is 1. The van der Waals surface area contributed by atoms with Crippen LogP contribution in [0.3, 0.4) is 0 Å². The molecule has 2 aliphatic heterocycles. The largest absolute Gasteiger partial charge is 0.491 e. The summed E-state index contributed by atoms with van der Waals surface area (Å²) < 4.78 is 6.93. The van der Waals surface area contributed by atoms with E-state index in [1.807, 2.05) is 20.8 Å². The zero-order chi connectivity index (χ0) is 21.3. The minimum atomic E-state index is -0.344. The van der Waals surface area contributed by atoms with E-state index in [-0.39, 0.29) is 35.4 Å². The molecule has 1 saturated heterocycles. The normalized spacial score (nSPS) is 17.8. The third-order valence-corrected chi connectivity index (χ3v) is 5.10. The van der Waals surface area contributed by atoms with Crippen molar-refractivity contribution in [3.63, 3.8) is 0 Å². The zero-order valence-electron chi connectivity index (χ0n) is 18.3. The van der Waals surface area contributed by atoms with E-state index in [4.69, 9.17) is 4.74 Å². The fraction of sp³-hybridized carbons (Fsp3) is 0.714. The Balaban J connectivity index is 0.000000411. The monoisotopic (exact) mass is 395 g/mol. The molecule has 1 atom stereocenters. The van der Waals surface area contributed by atoms with E-state index < -0.39 is 0 Å². The highest BCUT2D eigenvalue weighted by Crippen LogP contribution is 2.31. The molecule has 160 valence electrons. The molecule has 0 saturated carbocycles. The molecule has 1 aromatic rings. The molecular formula is C21H37N3O4. The number of hydrogen-bond acceptors (Lipinski definition) is 5. The Labute approximate surface area is 168 Å². The third-order valence-electron chi connectivity index (χ3n) is 5.10. The first-order valence-electron chi connectivity index (χ1n) is 10.4. The van der Waals surface area contributed by atoms with Gasteiger partial charge in [0.1, 0.15) is 0 Å². The van der Waals surface area contributed by atoms with Crippen molar-refractivity contribution < 1.29 is 14.6 Å². The van der Waals surface area contributed by atoms with Crippen molar-refractivity contribution in [2.45, 2.75) is 59.4 Å². The van der Waals surface area contributed by atoms with E-state index in [0.717, 1.165) is 12.1 Å². The average Bonchev–Trinajstić information content (AvgIpc) is 3.35. The average molecular weight is 396 g/mol. The molecule has 0 radical (unpaired) electrons. The number of carbonyl (C=O) groups is 1. The van der Waals surface area contributed by atoms with Gasteiger partial charge in [-0.2, -0.15) is 0 Å². The fourth-order valence-corrected chi connectivity index (χ4v) is 3.67. The summed E-state index contributed by atoms with van der Waals surface area (Å²) in [5, 5.41) is 12.2. The van der Waals surface area contributed by atoms with Crippen molar-refractivity contribution in [2.75, 3.05) is 40.4 Å². The first kappa shape index (κ1) is 24.2. The maximum Gasteiger partial charge on any atom is 0.271 e. The molecule has 2 aliphatic rings. The molecule has 7 heteroatoms. The molecular weight excluding hydrogens is 358 g/mol. The number of hydrogen-bond donors (Lipinski definition) is 2. The molecule has 3 heterocycles. The van der Waals surface area contributed by atoms with Crippen molar-refractivity contribution in [1.82, 2.24) is 14.8 Å². The SMILES string of the molecule is CC.CCNC(=O)c1c(OC)c(=O)c(C)c2n1C(CO)CC2.CN1CCCC1. The van der Waals surface area contributed by atoms with Crippen LogP contribution in [-0.2, 0) is 6.42 Å². The molecule has 0 aromatic carbocycles. The first-order valence-corrected chi connectivity index (χ1v) is 10.4. The summed E-state index contributed by atoms with van der Waals surface area (Å²) >= 11 is 0. The molecule has 0 aliphatic carbocycles. The van der Waals surface area contributed by atoms with Gasteiger partial charge in [-0.15, -0.1) is 0 Å². The van der Waals surface area contributed by atoms with Gasteiger partial charge in [0.05, 0.1) is 19.8 Å². The quantitative estimate of drug-likeness (QED) is 0.816. The van der Waals surface area contributed by atoms with E-state index in [0.29, 0.717) is 18.5 Å². The molecule has 2 N–H and O–H groups in total. The first-order chi connectivity index (χ1) is 13.5. The Bertz CT molecular complexity index is 694. The number of likely N-dealkylation sites (tertiary alicyclic amines) is 1. The van der Waals surface area contributed by atoms with E-state index in [1.165, 1.54) is 33.0 Å². The number of methoxy groups -OCH3 is 1. The molecule has 28 heavy (non-hydrogen) atoms. The second-order valence-corrected chi connectivity index (χ2v) is 6.90. The van der Waals surface area contributed by atoms with Crippen LogP contribution in [0.25, 0.3) is 0 Å². The Kier molecular flexibility index (Phi) is 10.2. The summed E-state index contributed by atoms with van der Waals surface area (Å²) in [5.74, 6) is -0.291. The van der Waals surface area contributed by atoms with Crippen LogP contribution in [0, 0.1) is 6.92 Å². The molecule has 7 nitrogen and oxygen atoms in total. The van der Waals surface area contributed by atoms with Gasteiger partial charge in [-0.05, 0) is 59.7 Å². The van der Waals surface area contributed by atoms with Gasteiger partial charge in [-0.1, -0.05) is 13.8 Å². The number of fused-ring (bicyclic) bond motifs is 1. The number of ether oxygens (including phenoxy) is 1. The highest BCUT2D eigenvalue weighted by Gasteiger charge is 2.32. The van der Waals surface area contributed by atoms with Gasteiger partial charge >= 0.3 is 0 Å². The number of nitrogens with zero attached hydrogens (tertiary/aromatic N) is 2. The number of amides is 1. The summed E-state index contributed by atoms with van der Waals surface area (Å²) in [7, 11) is 3.56. The van der Waals surface area contributed by atoms with Crippen molar-refractivity contribution in [1.29, 1.82) is 0 Å².